The van der Waals surface area contributed by atoms with Gasteiger partial charge in [-0.15, -0.1) is 10.2 Å². The fourth-order valence-corrected chi connectivity index (χ4v) is 3.97. The van der Waals surface area contributed by atoms with E-state index in [1.807, 2.05) is 31.2 Å². The molecule has 30 heavy (non-hydrogen) atoms. The highest BCUT2D eigenvalue weighted by Crippen LogP contribution is 2.37. The Bertz CT molecular complexity index is 1330. The Morgan fingerprint density at radius 2 is 1.93 bits per heavy atom. The molecule has 2 amide bonds. The Balaban J connectivity index is 1.57. The molecule has 1 aliphatic heterocycles. The number of halogens is 1. The topological polar surface area (TPSA) is 88.4 Å². The second-order valence-corrected chi connectivity index (χ2v) is 7.52. The van der Waals surface area contributed by atoms with Gasteiger partial charge in [0.15, 0.2) is 5.65 Å². The molecule has 5 rings (SSSR count). The number of amides is 2. The van der Waals surface area contributed by atoms with E-state index in [0.717, 1.165) is 16.7 Å². The van der Waals surface area contributed by atoms with Crippen LogP contribution in [0.15, 0.2) is 60.8 Å². The van der Waals surface area contributed by atoms with Gasteiger partial charge in [-0.2, -0.15) is 0 Å². The van der Waals surface area contributed by atoms with Crippen LogP contribution >= 0.6 is 11.6 Å². The summed E-state index contributed by atoms with van der Waals surface area (Å²) in [6.07, 6.45) is 1.59. The van der Waals surface area contributed by atoms with Gasteiger partial charge in [0.05, 0.1) is 11.1 Å². The zero-order chi connectivity index (χ0) is 20.8. The molecule has 2 N–H and O–H groups in total. The normalized spacial score (nSPS) is 15.1. The first-order chi connectivity index (χ1) is 14.5. The van der Waals surface area contributed by atoms with Gasteiger partial charge >= 0.3 is 0 Å². The Kier molecular flexibility index (Phi) is 4.25. The highest BCUT2D eigenvalue weighted by molar-refractivity contribution is 6.30. The van der Waals surface area contributed by atoms with Gasteiger partial charge in [0.25, 0.3) is 11.8 Å². The summed E-state index contributed by atoms with van der Waals surface area (Å²) in [5.74, 6) is -0.509. The van der Waals surface area contributed by atoms with Gasteiger partial charge in [0, 0.05) is 23.0 Å². The van der Waals surface area contributed by atoms with Gasteiger partial charge in [-0.3, -0.25) is 14.0 Å². The Morgan fingerprint density at radius 1 is 1.10 bits per heavy atom. The molecule has 0 radical (unpaired) electrons. The molecule has 8 heteroatoms. The Morgan fingerprint density at radius 3 is 2.77 bits per heavy atom. The molecular weight excluding hydrogens is 402 g/mol. The van der Waals surface area contributed by atoms with Crippen LogP contribution in [0.1, 0.15) is 43.7 Å². The molecule has 0 saturated carbocycles. The lowest BCUT2D eigenvalue weighted by Gasteiger charge is -2.18. The third kappa shape index (κ3) is 2.91. The minimum atomic E-state index is -0.443. The number of rotatable bonds is 3. The molecule has 1 aliphatic rings. The second-order valence-electron chi connectivity index (χ2n) is 7.08. The average molecular weight is 418 g/mol. The van der Waals surface area contributed by atoms with E-state index in [1.165, 1.54) is 4.40 Å². The number of aryl methyl sites for hydroxylation is 1. The third-order valence-corrected chi connectivity index (χ3v) is 5.46. The van der Waals surface area contributed by atoms with E-state index < -0.39 is 5.91 Å². The van der Waals surface area contributed by atoms with Gasteiger partial charge in [0.2, 0.25) is 5.82 Å². The number of aromatic nitrogens is 3. The van der Waals surface area contributed by atoms with E-state index in [0.29, 0.717) is 21.9 Å². The van der Waals surface area contributed by atoms with E-state index in [1.54, 1.807) is 36.5 Å². The summed E-state index contributed by atoms with van der Waals surface area (Å²) in [4.78, 5) is 25.6. The quantitative estimate of drug-likeness (QED) is 0.531. The maximum absolute atomic E-state index is 13.0. The Labute approximate surface area is 176 Å². The number of fused-ring (bicyclic) bond motifs is 2. The summed E-state index contributed by atoms with van der Waals surface area (Å²) in [5, 5.41) is 14.4. The van der Waals surface area contributed by atoms with Gasteiger partial charge < -0.3 is 10.6 Å². The highest BCUT2D eigenvalue weighted by Gasteiger charge is 2.33. The fourth-order valence-electron chi connectivity index (χ4n) is 3.81. The van der Waals surface area contributed by atoms with Crippen molar-refractivity contribution in [3.63, 3.8) is 0 Å². The third-order valence-electron chi connectivity index (χ3n) is 5.23. The van der Waals surface area contributed by atoms with E-state index in [-0.39, 0.29) is 17.8 Å². The number of carbonyl (C=O) groups is 2. The van der Waals surface area contributed by atoms with Crippen LogP contribution in [0.3, 0.4) is 0 Å². The molecule has 0 bridgehead atoms. The zero-order valence-electron chi connectivity index (χ0n) is 15.9. The molecule has 2 aromatic heterocycles. The van der Waals surface area contributed by atoms with Crippen LogP contribution in [0, 0.1) is 6.92 Å². The van der Waals surface area contributed by atoms with Crippen molar-refractivity contribution >= 4 is 34.7 Å². The number of nitrogens with zero attached hydrogens (tertiary/aromatic N) is 3. The van der Waals surface area contributed by atoms with Crippen molar-refractivity contribution in [3.8, 4) is 0 Å². The SMILES string of the molecule is Cc1ccccc1C1NC(=O)c2cccc(NC(=O)c3nnc4ccc(Cl)cn34)c21. The van der Waals surface area contributed by atoms with Crippen molar-refractivity contribution in [2.24, 2.45) is 0 Å². The summed E-state index contributed by atoms with van der Waals surface area (Å²) >= 11 is 6.05. The van der Waals surface area contributed by atoms with Crippen LogP contribution in [0.2, 0.25) is 5.02 Å². The van der Waals surface area contributed by atoms with E-state index in [2.05, 4.69) is 20.8 Å². The number of carbonyl (C=O) groups excluding carboxylic acids is 2. The number of pyridine rings is 1. The van der Waals surface area contributed by atoms with Crippen molar-refractivity contribution in [2.75, 3.05) is 5.32 Å². The predicted octanol–water partition coefficient (Wildman–Crippen LogP) is 3.78. The van der Waals surface area contributed by atoms with Crippen molar-refractivity contribution in [2.45, 2.75) is 13.0 Å². The van der Waals surface area contributed by atoms with Crippen LogP contribution in [-0.4, -0.2) is 26.4 Å². The minimum Gasteiger partial charge on any atom is -0.341 e. The van der Waals surface area contributed by atoms with Crippen LogP contribution in [0.4, 0.5) is 5.69 Å². The predicted molar refractivity (Wildman–Crippen MR) is 113 cm³/mol. The highest BCUT2D eigenvalue weighted by atomic mass is 35.5. The first kappa shape index (κ1) is 18.3. The molecule has 148 valence electrons. The summed E-state index contributed by atoms with van der Waals surface area (Å²) in [6, 6.07) is 16.1. The van der Waals surface area contributed by atoms with Gasteiger partial charge in [-0.1, -0.05) is 41.9 Å². The maximum atomic E-state index is 13.0. The van der Waals surface area contributed by atoms with Crippen molar-refractivity contribution < 1.29 is 9.59 Å². The standard InChI is InChI=1S/C22H16ClN5O2/c1-12-5-2-3-6-14(12)19-18-15(21(29)25-19)7-4-8-16(18)24-22(30)20-27-26-17-10-9-13(23)11-28(17)20/h2-11,19H,1H3,(H,24,30)(H,25,29). The number of anilines is 1. The van der Waals surface area contributed by atoms with Crippen molar-refractivity contribution in [1.29, 1.82) is 0 Å². The molecule has 4 aromatic rings. The van der Waals surface area contributed by atoms with Crippen LogP contribution in [-0.2, 0) is 0 Å². The number of hydrogen-bond acceptors (Lipinski definition) is 4. The van der Waals surface area contributed by atoms with Crippen LogP contribution < -0.4 is 10.6 Å². The molecule has 1 atom stereocenters. The first-order valence-electron chi connectivity index (χ1n) is 9.34. The number of benzene rings is 2. The lowest BCUT2D eigenvalue weighted by Crippen LogP contribution is -2.21. The van der Waals surface area contributed by atoms with Gasteiger partial charge in [-0.25, -0.2) is 0 Å². The van der Waals surface area contributed by atoms with Crippen LogP contribution in [0.25, 0.3) is 5.65 Å². The molecule has 0 spiro atoms. The van der Waals surface area contributed by atoms with Crippen molar-refractivity contribution in [1.82, 2.24) is 19.9 Å². The van der Waals surface area contributed by atoms with Crippen molar-refractivity contribution in [3.05, 3.63) is 93.9 Å². The minimum absolute atomic E-state index is 0.106. The van der Waals surface area contributed by atoms with E-state index >= 15 is 0 Å². The molecule has 0 fully saturated rings. The number of nitrogens with one attached hydrogen (secondary N) is 2. The molecule has 3 heterocycles. The van der Waals surface area contributed by atoms with Gasteiger partial charge in [0.1, 0.15) is 0 Å². The molecule has 0 aliphatic carbocycles. The summed E-state index contributed by atoms with van der Waals surface area (Å²) in [6.45, 7) is 1.99. The number of hydrogen-bond donors (Lipinski definition) is 2. The lowest BCUT2D eigenvalue weighted by molar-refractivity contribution is 0.0959. The van der Waals surface area contributed by atoms with E-state index in [9.17, 15) is 9.59 Å². The summed E-state index contributed by atoms with van der Waals surface area (Å²) in [7, 11) is 0. The molecule has 1 unspecified atom stereocenters. The van der Waals surface area contributed by atoms with E-state index in [4.69, 9.17) is 11.6 Å². The zero-order valence-corrected chi connectivity index (χ0v) is 16.6. The first-order valence-corrected chi connectivity index (χ1v) is 9.71. The van der Waals surface area contributed by atoms with Crippen LogP contribution in [0.5, 0.6) is 0 Å². The maximum Gasteiger partial charge on any atom is 0.293 e. The van der Waals surface area contributed by atoms with Gasteiger partial charge in [-0.05, 0) is 42.3 Å². The lowest BCUT2D eigenvalue weighted by atomic mass is 9.93. The summed E-state index contributed by atoms with van der Waals surface area (Å²) < 4.78 is 1.53. The largest absolute Gasteiger partial charge is 0.341 e. The fraction of sp³-hybridized carbons (Fsp3) is 0.0909. The Hall–Kier alpha value is -3.71. The smallest absolute Gasteiger partial charge is 0.293 e. The molecule has 2 aromatic carbocycles. The molecule has 0 saturated heterocycles. The summed E-state index contributed by atoms with van der Waals surface area (Å²) in [5.41, 5.74) is 4.36. The second kappa shape index (κ2) is 6.96. The molecular formula is C22H16ClN5O2. The average Bonchev–Trinajstić information content (AvgIpc) is 3.30. The monoisotopic (exact) mass is 417 g/mol. The molecule has 7 nitrogen and oxygen atoms in total.